The lowest BCUT2D eigenvalue weighted by Crippen LogP contribution is -2.32. The first-order chi connectivity index (χ1) is 10.3. The van der Waals surface area contributed by atoms with Gasteiger partial charge in [0.25, 0.3) is 0 Å². The molecule has 0 aliphatic heterocycles. The Bertz CT molecular complexity index is 503. The molecule has 122 valence electrons. The Kier molecular flexibility index (Phi) is 7.09. The zero-order valence-corrected chi connectivity index (χ0v) is 14.1. The van der Waals surface area contributed by atoms with Crippen LogP contribution in [0.5, 0.6) is 0 Å². The molecule has 0 spiro atoms. The number of ether oxygens (including phenoxy) is 1. The second kappa shape index (κ2) is 8.57. The molecule has 22 heavy (non-hydrogen) atoms. The lowest BCUT2D eigenvalue weighted by Gasteiger charge is -2.20. The van der Waals surface area contributed by atoms with Crippen molar-refractivity contribution in [3.8, 4) is 0 Å². The van der Waals surface area contributed by atoms with Gasteiger partial charge in [-0.05, 0) is 38.3 Å². The highest BCUT2D eigenvalue weighted by atomic mass is 16.6. The molecule has 1 aromatic carbocycles. The summed E-state index contributed by atoms with van der Waals surface area (Å²) in [4.78, 5) is 23.6. The molecular weight excluding hydrogens is 278 g/mol. The summed E-state index contributed by atoms with van der Waals surface area (Å²) in [7, 11) is 0. The normalized spacial score (nSPS) is 11.1. The van der Waals surface area contributed by atoms with E-state index in [-0.39, 0.29) is 5.78 Å². The molecule has 0 aromatic heterocycles. The van der Waals surface area contributed by atoms with Gasteiger partial charge in [0.2, 0.25) is 0 Å². The summed E-state index contributed by atoms with van der Waals surface area (Å²) in [5.74, 6) is 0.242. The van der Waals surface area contributed by atoms with Crippen LogP contribution in [-0.2, 0) is 22.5 Å². The highest BCUT2D eigenvalue weighted by Crippen LogP contribution is 2.12. The lowest BCUT2D eigenvalue weighted by molar-refractivity contribution is -0.118. The third kappa shape index (κ3) is 7.25. The van der Waals surface area contributed by atoms with Crippen LogP contribution >= 0.6 is 0 Å². The Labute approximate surface area is 133 Å². The highest BCUT2D eigenvalue weighted by molar-refractivity contribution is 5.81. The van der Waals surface area contributed by atoms with Crippen molar-refractivity contribution in [3.63, 3.8) is 0 Å². The zero-order chi connectivity index (χ0) is 16.6. The molecule has 0 bridgehead atoms. The second-order valence-corrected chi connectivity index (χ2v) is 6.44. The number of hydrogen-bond donors (Lipinski definition) is 1. The van der Waals surface area contributed by atoms with E-state index >= 15 is 0 Å². The molecule has 4 nitrogen and oxygen atoms in total. The molecule has 0 heterocycles. The minimum atomic E-state index is -0.514. The van der Waals surface area contributed by atoms with Crippen LogP contribution in [0.25, 0.3) is 0 Å². The number of unbranched alkanes of at least 4 members (excludes halogenated alkanes) is 1. The number of nitrogens with one attached hydrogen (secondary N) is 1. The van der Waals surface area contributed by atoms with Crippen LogP contribution in [0.1, 0.15) is 58.1 Å². The molecule has 1 rings (SSSR count). The Morgan fingerprint density at radius 1 is 1.14 bits per heavy atom. The highest BCUT2D eigenvalue weighted by Gasteiger charge is 2.16. The first-order valence-corrected chi connectivity index (χ1v) is 7.87. The Balaban J connectivity index is 2.60. The van der Waals surface area contributed by atoms with Gasteiger partial charge < -0.3 is 10.1 Å². The van der Waals surface area contributed by atoms with Crippen molar-refractivity contribution >= 4 is 11.9 Å². The fourth-order valence-corrected chi connectivity index (χ4v) is 2.06. The molecular formula is C18H27NO3. The molecule has 0 atom stereocenters. The number of carbonyl (C=O) groups excluding carboxylic acids is 2. The maximum absolute atomic E-state index is 11.9. The molecule has 0 aliphatic rings. The predicted octanol–water partition coefficient (Wildman–Crippen LogP) is 4.01. The van der Waals surface area contributed by atoms with Crippen LogP contribution in [0, 0.1) is 0 Å². The minimum Gasteiger partial charge on any atom is -0.444 e. The molecule has 0 saturated carbocycles. The summed E-state index contributed by atoms with van der Waals surface area (Å²) in [6.07, 6.45) is 2.54. The molecule has 1 amide bonds. The van der Waals surface area contributed by atoms with E-state index in [1.165, 1.54) is 0 Å². The maximum Gasteiger partial charge on any atom is 0.407 e. The standard InChI is InChI=1S/C18H27NO3/c1-5-6-11-16(20)12-14-9-7-8-10-15(14)13-19-17(21)22-18(2,3)4/h7-10H,5-6,11-13H2,1-4H3,(H,19,21). The molecule has 0 saturated heterocycles. The Hall–Kier alpha value is -1.84. The SMILES string of the molecule is CCCCC(=O)Cc1ccccc1CNC(=O)OC(C)(C)C. The van der Waals surface area contributed by atoms with E-state index in [0.717, 1.165) is 24.0 Å². The van der Waals surface area contributed by atoms with Gasteiger partial charge in [-0.3, -0.25) is 4.79 Å². The first-order valence-electron chi connectivity index (χ1n) is 7.87. The fourth-order valence-electron chi connectivity index (χ4n) is 2.06. The Morgan fingerprint density at radius 2 is 1.77 bits per heavy atom. The van der Waals surface area contributed by atoms with Gasteiger partial charge in [0, 0.05) is 19.4 Å². The van der Waals surface area contributed by atoms with Gasteiger partial charge in [0.15, 0.2) is 0 Å². The van der Waals surface area contributed by atoms with Crippen molar-refractivity contribution < 1.29 is 14.3 Å². The molecule has 0 radical (unpaired) electrons. The van der Waals surface area contributed by atoms with Crippen LogP contribution in [0.15, 0.2) is 24.3 Å². The third-order valence-corrected chi connectivity index (χ3v) is 3.14. The Morgan fingerprint density at radius 3 is 2.36 bits per heavy atom. The van der Waals surface area contributed by atoms with E-state index in [1.54, 1.807) is 0 Å². The van der Waals surface area contributed by atoms with Crippen LogP contribution in [0.4, 0.5) is 4.79 Å². The van der Waals surface area contributed by atoms with Crippen molar-refractivity contribution in [2.75, 3.05) is 0 Å². The van der Waals surface area contributed by atoms with Gasteiger partial charge in [-0.15, -0.1) is 0 Å². The second-order valence-electron chi connectivity index (χ2n) is 6.44. The summed E-state index contributed by atoms with van der Waals surface area (Å²) in [6, 6.07) is 7.70. The lowest BCUT2D eigenvalue weighted by atomic mass is 10.00. The van der Waals surface area contributed by atoms with Crippen molar-refractivity contribution in [2.24, 2.45) is 0 Å². The van der Waals surface area contributed by atoms with E-state index < -0.39 is 11.7 Å². The average molecular weight is 305 g/mol. The monoisotopic (exact) mass is 305 g/mol. The fraction of sp³-hybridized carbons (Fsp3) is 0.556. The number of carbonyl (C=O) groups is 2. The van der Waals surface area contributed by atoms with Crippen LogP contribution in [0.2, 0.25) is 0 Å². The van der Waals surface area contributed by atoms with Gasteiger partial charge in [0.1, 0.15) is 11.4 Å². The topological polar surface area (TPSA) is 55.4 Å². The number of hydrogen-bond acceptors (Lipinski definition) is 3. The van der Waals surface area contributed by atoms with Crippen molar-refractivity contribution in [1.29, 1.82) is 0 Å². The summed E-state index contributed by atoms with van der Waals surface area (Å²) < 4.78 is 5.22. The maximum atomic E-state index is 11.9. The van der Waals surface area contributed by atoms with Crippen molar-refractivity contribution in [1.82, 2.24) is 5.32 Å². The van der Waals surface area contributed by atoms with Crippen molar-refractivity contribution in [3.05, 3.63) is 35.4 Å². The molecule has 0 unspecified atom stereocenters. The minimum absolute atomic E-state index is 0.242. The first kappa shape index (κ1) is 18.2. The third-order valence-electron chi connectivity index (χ3n) is 3.14. The van der Waals surface area contributed by atoms with E-state index in [2.05, 4.69) is 12.2 Å². The van der Waals surface area contributed by atoms with Gasteiger partial charge >= 0.3 is 6.09 Å². The molecule has 4 heteroatoms. The number of Topliss-reactive ketones (excluding diaryl/α,β-unsaturated/α-hetero) is 1. The van der Waals surface area contributed by atoms with E-state index in [1.807, 2.05) is 45.0 Å². The average Bonchev–Trinajstić information content (AvgIpc) is 2.42. The predicted molar refractivity (Wildman–Crippen MR) is 87.8 cm³/mol. The largest absolute Gasteiger partial charge is 0.444 e. The number of rotatable bonds is 7. The van der Waals surface area contributed by atoms with Crippen LogP contribution < -0.4 is 5.32 Å². The number of ketones is 1. The number of benzene rings is 1. The molecule has 1 N–H and O–H groups in total. The number of amides is 1. The van der Waals surface area contributed by atoms with E-state index in [0.29, 0.717) is 19.4 Å². The van der Waals surface area contributed by atoms with Crippen molar-refractivity contribution in [2.45, 2.75) is 65.5 Å². The molecule has 1 aromatic rings. The van der Waals surface area contributed by atoms with E-state index in [9.17, 15) is 9.59 Å². The van der Waals surface area contributed by atoms with E-state index in [4.69, 9.17) is 4.74 Å². The van der Waals surface area contributed by atoms with Crippen LogP contribution in [-0.4, -0.2) is 17.5 Å². The summed E-state index contributed by atoms with van der Waals surface area (Å²) >= 11 is 0. The van der Waals surface area contributed by atoms with Gasteiger partial charge in [-0.2, -0.15) is 0 Å². The summed E-state index contributed by atoms with van der Waals surface area (Å²) in [5.41, 5.74) is 1.41. The van der Waals surface area contributed by atoms with Crippen LogP contribution in [0.3, 0.4) is 0 Å². The van der Waals surface area contributed by atoms with Gasteiger partial charge in [-0.25, -0.2) is 4.79 Å². The van der Waals surface area contributed by atoms with Gasteiger partial charge in [-0.1, -0.05) is 37.6 Å². The van der Waals surface area contributed by atoms with Gasteiger partial charge in [0.05, 0.1) is 0 Å². The summed E-state index contributed by atoms with van der Waals surface area (Å²) in [5, 5.41) is 2.74. The smallest absolute Gasteiger partial charge is 0.407 e. The summed E-state index contributed by atoms with van der Waals surface area (Å²) in [6.45, 7) is 7.92. The quantitative estimate of drug-likeness (QED) is 0.828. The molecule has 0 fully saturated rings. The zero-order valence-electron chi connectivity index (χ0n) is 14.1. The number of alkyl carbamates (subject to hydrolysis) is 1. The molecule has 0 aliphatic carbocycles.